The maximum Gasteiger partial charge on any atom is 0.248 e. The molecule has 1 aromatic heterocycles. The average molecular weight is 279 g/mol. The van der Waals surface area contributed by atoms with E-state index in [4.69, 9.17) is 5.73 Å². The second kappa shape index (κ2) is 4.86. The Kier molecular flexibility index (Phi) is 3.02. The molecule has 21 heavy (non-hydrogen) atoms. The van der Waals surface area contributed by atoms with Gasteiger partial charge in [-0.2, -0.15) is 5.10 Å². The SMILES string of the molecule is Cn1ncc2cccc(-c3cc(C=O)cc(C(N)=O)c3)c21. The molecule has 0 radical (unpaired) electrons. The molecule has 0 aliphatic heterocycles. The molecule has 1 amide bonds. The van der Waals surface area contributed by atoms with Crippen molar-refractivity contribution in [2.75, 3.05) is 0 Å². The zero-order valence-electron chi connectivity index (χ0n) is 11.4. The van der Waals surface area contributed by atoms with E-state index >= 15 is 0 Å². The number of carbonyl (C=O) groups is 2. The Morgan fingerprint density at radius 2 is 2.10 bits per heavy atom. The minimum atomic E-state index is -0.558. The fourth-order valence-electron chi connectivity index (χ4n) is 2.48. The van der Waals surface area contributed by atoms with Gasteiger partial charge in [0.1, 0.15) is 6.29 Å². The summed E-state index contributed by atoms with van der Waals surface area (Å²) in [6, 6.07) is 10.7. The quantitative estimate of drug-likeness (QED) is 0.746. The smallest absolute Gasteiger partial charge is 0.248 e. The lowest BCUT2D eigenvalue weighted by molar-refractivity contribution is 0.100. The number of carbonyl (C=O) groups excluding carboxylic acids is 2. The summed E-state index contributed by atoms with van der Waals surface area (Å²) in [7, 11) is 1.85. The monoisotopic (exact) mass is 279 g/mol. The molecule has 0 spiro atoms. The molecule has 0 fully saturated rings. The molecule has 0 atom stereocenters. The van der Waals surface area contributed by atoms with Crippen LogP contribution in [0, 0.1) is 0 Å². The number of aromatic nitrogens is 2. The number of hydrogen-bond donors (Lipinski definition) is 1. The van der Waals surface area contributed by atoms with Crippen molar-refractivity contribution >= 4 is 23.1 Å². The van der Waals surface area contributed by atoms with Gasteiger partial charge in [-0.3, -0.25) is 14.3 Å². The van der Waals surface area contributed by atoms with Crippen LogP contribution < -0.4 is 5.73 Å². The van der Waals surface area contributed by atoms with Gasteiger partial charge in [0.25, 0.3) is 0 Å². The van der Waals surface area contributed by atoms with Crippen molar-refractivity contribution in [3.8, 4) is 11.1 Å². The summed E-state index contributed by atoms with van der Waals surface area (Å²) in [5.41, 5.74) is 8.67. The summed E-state index contributed by atoms with van der Waals surface area (Å²) in [6.07, 6.45) is 2.48. The number of hydrogen-bond acceptors (Lipinski definition) is 3. The van der Waals surface area contributed by atoms with Gasteiger partial charge in [-0.05, 0) is 23.8 Å². The number of aldehydes is 1. The molecular formula is C16H13N3O2. The first-order valence-corrected chi connectivity index (χ1v) is 6.41. The zero-order chi connectivity index (χ0) is 15.0. The molecule has 3 aromatic rings. The molecular weight excluding hydrogens is 266 g/mol. The van der Waals surface area contributed by atoms with Crippen LogP contribution in [0.4, 0.5) is 0 Å². The van der Waals surface area contributed by atoms with Crippen molar-refractivity contribution in [2.24, 2.45) is 12.8 Å². The first-order chi connectivity index (χ1) is 10.1. The number of amides is 1. The lowest BCUT2D eigenvalue weighted by atomic mass is 9.98. The van der Waals surface area contributed by atoms with Crippen LogP contribution in [-0.4, -0.2) is 22.0 Å². The fraction of sp³-hybridized carbons (Fsp3) is 0.0625. The van der Waals surface area contributed by atoms with Crippen molar-refractivity contribution in [1.82, 2.24) is 9.78 Å². The van der Waals surface area contributed by atoms with Crippen LogP contribution in [0.25, 0.3) is 22.0 Å². The lowest BCUT2D eigenvalue weighted by Crippen LogP contribution is -2.11. The molecule has 104 valence electrons. The van der Waals surface area contributed by atoms with Gasteiger partial charge in [0.2, 0.25) is 5.91 Å². The Morgan fingerprint density at radius 3 is 2.81 bits per heavy atom. The first-order valence-electron chi connectivity index (χ1n) is 6.41. The Hall–Kier alpha value is -2.95. The molecule has 0 saturated heterocycles. The molecule has 0 bridgehead atoms. The van der Waals surface area contributed by atoms with Gasteiger partial charge < -0.3 is 5.73 Å². The van der Waals surface area contributed by atoms with E-state index in [1.807, 2.05) is 25.2 Å². The second-order valence-electron chi connectivity index (χ2n) is 4.84. The van der Waals surface area contributed by atoms with Gasteiger partial charge in [-0.15, -0.1) is 0 Å². The normalized spacial score (nSPS) is 10.7. The first kappa shape index (κ1) is 13.1. The predicted octanol–water partition coefficient (Wildman–Crippen LogP) is 2.15. The largest absolute Gasteiger partial charge is 0.366 e. The van der Waals surface area contributed by atoms with Crippen LogP contribution in [0.2, 0.25) is 0 Å². The molecule has 5 heteroatoms. The van der Waals surface area contributed by atoms with Gasteiger partial charge >= 0.3 is 0 Å². The van der Waals surface area contributed by atoms with Crippen molar-refractivity contribution in [2.45, 2.75) is 0 Å². The summed E-state index contributed by atoms with van der Waals surface area (Å²) in [5, 5.41) is 5.23. The highest BCUT2D eigenvalue weighted by Crippen LogP contribution is 2.29. The average Bonchev–Trinajstić information content (AvgIpc) is 2.88. The van der Waals surface area contributed by atoms with E-state index in [-0.39, 0.29) is 0 Å². The van der Waals surface area contributed by atoms with Crippen LogP contribution in [0.15, 0.2) is 42.6 Å². The van der Waals surface area contributed by atoms with Crippen LogP contribution in [0.5, 0.6) is 0 Å². The van der Waals surface area contributed by atoms with E-state index < -0.39 is 5.91 Å². The zero-order valence-corrected chi connectivity index (χ0v) is 11.4. The van der Waals surface area contributed by atoms with E-state index in [0.29, 0.717) is 17.4 Å². The maximum absolute atomic E-state index is 11.4. The number of benzene rings is 2. The summed E-state index contributed by atoms with van der Waals surface area (Å²) in [5.74, 6) is -0.558. The van der Waals surface area contributed by atoms with Crippen molar-refractivity contribution < 1.29 is 9.59 Å². The molecule has 0 aliphatic carbocycles. The van der Waals surface area contributed by atoms with E-state index in [0.717, 1.165) is 22.0 Å². The Morgan fingerprint density at radius 1 is 1.29 bits per heavy atom. The summed E-state index contributed by atoms with van der Waals surface area (Å²) in [6.45, 7) is 0. The van der Waals surface area contributed by atoms with E-state index in [2.05, 4.69) is 5.10 Å². The third-order valence-corrected chi connectivity index (χ3v) is 3.45. The highest BCUT2D eigenvalue weighted by molar-refractivity contribution is 5.99. The van der Waals surface area contributed by atoms with Gasteiger partial charge in [0.05, 0.1) is 11.7 Å². The summed E-state index contributed by atoms with van der Waals surface area (Å²) < 4.78 is 1.77. The minimum absolute atomic E-state index is 0.314. The van der Waals surface area contributed by atoms with Gasteiger partial charge in [-0.25, -0.2) is 0 Å². The Bertz CT molecular complexity index is 865. The van der Waals surface area contributed by atoms with Crippen LogP contribution in [0.1, 0.15) is 20.7 Å². The molecule has 0 saturated carbocycles. The standard InChI is InChI=1S/C16H13N3O2/c1-19-15-11(8-18-19)3-2-4-14(15)12-5-10(9-20)6-13(7-12)16(17)21/h2-9H,1H3,(H2,17,21). The third-order valence-electron chi connectivity index (χ3n) is 3.45. The Balaban J connectivity index is 2.32. The highest BCUT2D eigenvalue weighted by atomic mass is 16.1. The van der Waals surface area contributed by atoms with Gasteiger partial charge in [-0.1, -0.05) is 18.2 Å². The molecule has 2 N–H and O–H groups in total. The van der Waals surface area contributed by atoms with Crippen LogP contribution >= 0.6 is 0 Å². The third kappa shape index (κ3) is 2.18. The maximum atomic E-state index is 11.4. The number of nitrogens with two attached hydrogens (primary N) is 1. The number of fused-ring (bicyclic) bond motifs is 1. The van der Waals surface area contributed by atoms with Crippen LogP contribution in [-0.2, 0) is 7.05 Å². The second-order valence-corrected chi connectivity index (χ2v) is 4.84. The molecule has 2 aromatic carbocycles. The Labute approximate surface area is 121 Å². The summed E-state index contributed by atoms with van der Waals surface area (Å²) in [4.78, 5) is 22.5. The van der Waals surface area contributed by atoms with E-state index in [1.165, 1.54) is 6.07 Å². The number of rotatable bonds is 3. The number of aryl methyl sites for hydroxylation is 1. The molecule has 0 aliphatic rings. The highest BCUT2D eigenvalue weighted by Gasteiger charge is 2.11. The number of nitrogens with zero attached hydrogens (tertiary/aromatic N) is 2. The van der Waals surface area contributed by atoms with Crippen molar-refractivity contribution in [3.05, 3.63) is 53.7 Å². The molecule has 0 unspecified atom stereocenters. The number of primary amides is 1. The van der Waals surface area contributed by atoms with Crippen molar-refractivity contribution in [3.63, 3.8) is 0 Å². The number of para-hydroxylation sites is 1. The van der Waals surface area contributed by atoms with Gasteiger partial charge in [0.15, 0.2) is 0 Å². The predicted molar refractivity (Wildman–Crippen MR) is 80.1 cm³/mol. The van der Waals surface area contributed by atoms with Crippen LogP contribution in [0.3, 0.4) is 0 Å². The fourth-order valence-corrected chi connectivity index (χ4v) is 2.48. The molecule has 5 nitrogen and oxygen atoms in total. The molecule has 1 heterocycles. The summed E-state index contributed by atoms with van der Waals surface area (Å²) >= 11 is 0. The topological polar surface area (TPSA) is 78.0 Å². The van der Waals surface area contributed by atoms with E-state index in [9.17, 15) is 9.59 Å². The van der Waals surface area contributed by atoms with E-state index in [1.54, 1.807) is 23.0 Å². The lowest BCUT2D eigenvalue weighted by Gasteiger charge is -2.08. The minimum Gasteiger partial charge on any atom is -0.366 e. The van der Waals surface area contributed by atoms with Crippen molar-refractivity contribution in [1.29, 1.82) is 0 Å². The molecule has 3 rings (SSSR count). The van der Waals surface area contributed by atoms with Gasteiger partial charge in [0, 0.05) is 29.1 Å².